The highest BCUT2D eigenvalue weighted by Crippen LogP contribution is 2.48. The third-order valence-electron chi connectivity index (χ3n) is 2.25. The molecule has 0 spiro atoms. The van der Waals surface area contributed by atoms with Gasteiger partial charge in [0, 0.05) is 21.1 Å². The van der Waals surface area contributed by atoms with Gasteiger partial charge in [-0.2, -0.15) is 0 Å². The van der Waals surface area contributed by atoms with Crippen LogP contribution in [-0.4, -0.2) is 0 Å². The number of benzene rings is 1. The molecule has 3 heteroatoms. The second kappa shape index (κ2) is 2.63. The molecule has 12 heavy (non-hydrogen) atoms. The Bertz CT molecular complexity index is 298. The lowest BCUT2D eigenvalue weighted by Gasteiger charge is -2.12. The van der Waals surface area contributed by atoms with Crippen LogP contribution < -0.4 is 5.73 Å². The molecule has 1 nitrogen and oxygen atoms in total. The van der Waals surface area contributed by atoms with Gasteiger partial charge in [0.15, 0.2) is 0 Å². The van der Waals surface area contributed by atoms with Crippen molar-refractivity contribution in [1.29, 1.82) is 0 Å². The third-order valence-corrected chi connectivity index (χ3v) is 2.88. The first-order valence-corrected chi connectivity index (χ1v) is 4.62. The van der Waals surface area contributed by atoms with E-state index in [1.165, 1.54) is 0 Å². The number of halogens is 2. The van der Waals surface area contributed by atoms with Gasteiger partial charge in [0.25, 0.3) is 0 Å². The summed E-state index contributed by atoms with van der Waals surface area (Å²) < 4.78 is 0. The van der Waals surface area contributed by atoms with Crippen molar-refractivity contribution < 1.29 is 0 Å². The number of hydrogen-bond donors (Lipinski definition) is 1. The molecular weight excluding hydrogens is 193 g/mol. The van der Waals surface area contributed by atoms with Gasteiger partial charge in [0.05, 0.1) is 0 Å². The maximum absolute atomic E-state index is 6.00. The molecule has 1 fully saturated rings. The molecule has 0 atom stereocenters. The summed E-state index contributed by atoms with van der Waals surface area (Å²) in [7, 11) is 0. The molecule has 0 heterocycles. The van der Waals surface area contributed by atoms with E-state index in [2.05, 4.69) is 0 Å². The van der Waals surface area contributed by atoms with E-state index in [0.29, 0.717) is 10.0 Å². The molecule has 2 rings (SSSR count). The van der Waals surface area contributed by atoms with Crippen LogP contribution in [0.5, 0.6) is 0 Å². The van der Waals surface area contributed by atoms with Crippen LogP contribution in [0.25, 0.3) is 0 Å². The highest BCUT2D eigenvalue weighted by molar-refractivity contribution is 6.36. The standard InChI is InChI=1S/C9H9Cl2N/c10-6-2-1-3-7(11)8(6)9(12)4-5-9/h1-3H,4-5,12H2. The van der Waals surface area contributed by atoms with E-state index < -0.39 is 0 Å². The summed E-state index contributed by atoms with van der Waals surface area (Å²) in [5, 5.41) is 1.37. The third kappa shape index (κ3) is 1.22. The minimum absolute atomic E-state index is 0.241. The minimum Gasteiger partial charge on any atom is -0.321 e. The molecule has 1 aliphatic carbocycles. The van der Waals surface area contributed by atoms with E-state index in [4.69, 9.17) is 28.9 Å². The molecule has 0 unspecified atom stereocenters. The van der Waals surface area contributed by atoms with E-state index in [1.54, 1.807) is 0 Å². The van der Waals surface area contributed by atoms with Crippen LogP contribution in [-0.2, 0) is 5.54 Å². The minimum atomic E-state index is -0.241. The molecule has 1 aromatic carbocycles. The Morgan fingerprint density at radius 3 is 2.08 bits per heavy atom. The van der Waals surface area contributed by atoms with Gasteiger partial charge in [-0.1, -0.05) is 29.3 Å². The fourth-order valence-corrected chi connectivity index (χ4v) is 2.13. The normalized spacial score (nSPS) is 19.2. The fraction of sp³-hybridized carbons (Fsp3) is 0.333. The van der Waals surface area contributed by atoms with Crippen molar-refractivity contribution in [1.82, 2.24) is 0 Å². The fourth-order valence-electron chi connectivity index (χ4n) is 1.36. The van der Waals surface area contributed by atoms with Crippen LogP contribution in [0.3, 0.4) is 0 Å². The van der Waals surface area contributed by atoms with Crippen LogP contribution >= 0.6 is 23.2 Å². The predicted octanol–water partition coefficient (Wildman–Crippen LogP) is 2.94. The summed E-state index contributed by atoms with van der Waals surface area (Å²) in [6.07, 6.45) is 1.97. The molecule has 1 aliphatic rings. The predicted molar refractivity (Wildman–Crippen MR) is 51.6 cm³/mol. The summed E-state index contributed by atoms with van der Waals surface area (Å²) in [6, 6.07) is 5.49. The van der Waals surface area contributed by atoms with Gasteiger partial charge in [0.1, 0.15) is 0 Å². The lowest BCUT2D eigenvalue weighted by atomic mass is 10.1. The van der Waals surface area contributed by atoms with Crippen molar-refractivity contribution in [2.45, 2.75) is 18.4 Å². The molecule has 0 bridgehead atoms. The molecule has 0 aliphatic heterocycles. The van der Waals surface area contributed by atoms with Crippen molar-refractivity contribution in [2.75, 3.05) is 0 Å². The van der Waals surface area contributed by atoms with Crippen molar-refractivity contribution in [3.8, 4) is 0 Å². The smallest absolute Gasteiger partial charge is 0.0471 e. The highest BCUT2D eigenvalue weighted by atomic mass is 35.5. The molecule has 1 saturated carbocycles. The highest BCUT2D eigenvalue weighted by Gasteiger charge is 2.42. The van der Waals surface area contributed by atoms with Crippen LogP contribution in [0, 0.1) is 0 Å². The largest absolute Gasteiger partial charge is 0.321 e. The Morgan fingerprint density at radius 1 is 1.17 bits per heavy atom. The van der Waals surface area contributed by atoms with E-state index in [9.17, 15) is 0 Å². The first kappa shape index (κ1) is 8.36. The monoisotopic (exact) mass is 201 g/mol. The zero-order chi connectivity index (χ0) is 8.77. The number of hydrogen-bond acceptors (Lipinski definition) is 1. The van der Waals surface area contributed by atoms with Gasteiger partial charge in [0.2, 0.25) is 0 Å². The van der Waals surface area contributed by atoms with Gasteiger partial charge in [-0.15, -0.1) is 0 Å². The Hall–Kier alpha value is -0.240. The second-order valence-electron chi connectivity index (χ2n) is 3.25. The molecule has 0 aromatic heterocycles. The second-order valence-corrected chi connectivity index (χ2v) is 4.07. The van der Waals surface area contributed by atoms with Gasteiger partial charge in [-0.3, -0.25) is 0 Å². The van der Waals surface area contributed by atoms with Crippen LogP contribution in [0.2, 0.25) is 10.0 Å². The van der Waals surface area contributed by atoms with Gasteiger partial charge < -0.3 is 5.73 Å². The Balaban J connectivity index is 2.55. The molecule has 0 amide bonds. The van der Waals surface area contributed by atoms with E-state index in [0.717, 1.165) is 18.4 Å². The van der Waals surface area contributed by atoms with Crippen molar-refractivity contribution in [3.05, 3.63) is 33.8 Å². The van der Waals surface area contributed by atoms with Gasteiger partial charge in [-0.25, -0.2) is 0 Å². The average molecular weight is 202 g/mol. The van der Waals surface area contributed by atoms with Crippen LogP contribution in [0.4, 0.5) is 0 Å². The lowest BCUT2D eigenvalue weighted by molar-refractivity contribution is 0.741. The van der Waals surface area contributed by atoms with E-state index >= 15 is 0 Å². The lowest BCUT2D eigenvalue weighted by Crippen LogP contribution is -2.19. The van der Waals surface area contributed by atoms with Crippen LogP contribution in [0.1, 0.15) is 18.4 Å². The van der Waals surface area contributed by atoms with Crippen molar-refractivity contribution in [3.63, 3.8) is 0 Å². The first-order valence-electron chi connectivity index (χ1n) is 3.87. The summed E-state index contributed by atoms with van der Waals surface area (Å²) in [6.45, 7) is 0. The Labute approximate surface area is 81.5 Å². The summed E-state index contributed by atoms with van der Waals surface area (Å²) in [5.74, 6) is 0. The average Bonchev–Trinajstić information content (AvgIpc) is 2.68. The summed E-state index contributed by atoms with van der Waals surface area (Å²) >= 11 is 12.0. The summed E-state index contributed by atoms with van der Waals surface area (Å²) in [4.78, 5) is 0. The molecule has 0 radical (unpaired) electrons. The van der Waals surface area contributed by atoms with E-state index in [-0.39, 0.29) is 5.54 Å². The molecular formula is C9H9Cl2N. The van der Waals surface area contributed by atoms with Crippen molar-refractivity contribution >= 4 is 23.2 Å². The van der Waals surface area contributed by atoms with E-state index in [1.807, 2.05) is 18.2 Å². The van der Waals surface area contributed by atoms with Gasteiger partial charge in [-0.05, 0) is 25.0 Å². The van der Waals surface area contributed by atoms with Gasteiger partial charge >= 0.3 is 0 Å². The number of nitrogens with two attached hydrogens (primary N) is 1. The SMILES string of the molecule is NC1(c2c(Cl)cccc2Cl)CC1. The topological polar surface area (TPSA) is 26.0 Å². The molecule has 1 aromatic rings. The molecule has 2 N–H and O–H groups in total. The molecule has 64 valence electrons. The zero-order valence-electron chi connectivity index (χ0n) is 6.48. The van der Waals surface area contributed by atoms with Crippen molar-refractivity contribution in [2.24, 2.45) is 5.73 Å². The summed E-state index contributed by atoms with van der Waals surface area (Å²) in [5.41, 5.74) is 6.67. The maximum Gasteiger partial charge on any atom is 0.0471 e. The quantitative estimate of drug-likeness (QED) is 0.744. The first-order chi connectivity index (χ1) is 5.63. The Kier molecular flexibility index (Phi) is 1.83. The molecule has 0 saturated heterocycles. The zero-order valence-corrected chi connectivity index (χ0v) is 7.99. The maximum atomic E-state index is 6.00. The number of rotatable bonds is 1. The van der Waals surface area contributed by atoms with Crippen LogP contribution in [0.15, 0.2) is 18.2 Å². The Morgan fingerprint density at radius 2 is 1.67 bits per heavy atom.